The summed E-state index contributed by atoms with van der Waals surface area (Å²) in [5.74, 6) is 0.591. The highest BCUT2D eigenvalue weighted by molar-refractivity contribution is 7.80. The summed E-state index contributed by atoms with van der Waals surface area (Å²) in [5.41, 5.74) is 7.51. The van der Waals surface area contributed by atoms with Crippen LogP contribution in [0.1, 0.15) is 44.1 Å². The first-order valence-electron chi connectivity index (χ1n) is 7.60. The number of pyridine rings is 1. The van der Waals surface area contributed by atoms with Crippen molar-refractivity contribution in [1.82, 2.24) is 4.98 Å². The first-order valence-corrected chi connectivity index (χ1v) is 8.01. The van der Waals surface area contributed by atoms with Gasteiger partial charge in [0.15, 0.2) is 0 Å². The van der Waals surface area contributed by atoms with Crippen LogP contribution in [0, 0.1) is 0 Å². The Bertz CT molecular complexity index is 648. The van der Waals surface area contributed by atoms with E-state index in [0.717, 1.165) is 29.3 Å². The molecule has 2 aromatic rings. The quantitative estimate of drug-likeness (QED) is 0.688. The second-order valence-electron chi connectivity index (χ2n) is 5.63. The lowest BCUT2D eigenvalue weighted by Gasteiger charge is -2.18. The normalized spacial score (nSPS) is 16.6. The molecule has 0 unspecified atom stereocenters. The van der Waals surface area contributed by atoms with Crippen molar-refractivity contribution < 1.29 is 4.74 Å². The minimum atomic E-state index is 0.231. The van der Waals surface area contributed by atoms with Crippen LogP contribution < -0.4 is 10.5 Å². The van der Waals surface area contributed by atoms with Gasteiger partial charge in [-0.25, -0.2) is 4.98 Å². The van der Waals surface area contributed by atoms with Crippen LogP contribution in [-0.2, 0) is 0 Å². The number of fused-ring (bicyclic) bond motifs is 1. The molecule has 0 bridgehead atoms. The Morgan fingerprint density at radius 1 is 1.14 bits per heavy atom. The van der Waals surface area contributed by atoms with Gasteiger partial charge < -0.3 is 10.5 Å². The summed E-state index contributed by atoms with van der Waals surface area (Å²) < 4.78 is 6.16. The molecule has 21 heavy (non-hydrogen) atoms. The molecule has 0 atom stereocenters. The van der Waals surface area contributed by atoms with E-state index in [9.17, 15) is 0 Å². The third-order valence-corrected chi connectivity index (χ3v) is 4.25. The van der Waals surface area contributed by atoms with Crippen molar-refractivity contribution in [2.45, 2.75) is 44.6 Å². The predicted molar refractivity (Wildman–Crippen MR) is 89.7 cm³/mol. The molecule has 0 amide bonds. The number of hydrogen-bond acceptors (Lipinski definition) is 3. The molecule has 0 aliphatic heterocycles. The third kappa shape index (κ3) is 3.32. The molecule has 0 saturated heterocycles. The van der Waals surface area contributed by atoms with Crippen LogP contribution in [0.4, 0.5) is 0 Å². The summed E-state index contributed by atoms with van der Waals surface area (Å²) in [4.78, 5) is 4.98. The van der Waals surface area contributed by atoms with E-state index in [1.165, 1.54) is 25.7 Å². The van der Waals surface area contributed by atoms with Crippen molar-refractivity contribution in [1.29, 1.82) is 0 Å². The lowest BCUT2D eigenvalue weighted by atomic mass is 10.1. The molecule has 1 heterocycles. The van der Waals surface area contributed by atoms with Crippen LogP contribution in [-0.4, -0.2) is 16.1 Å². The number of rotatable bonds is 3. The largest absolute Gasteiger partial charge is 0.474 e. The number of para-hydroxylation sites is 1. The molecule has 3 rings (SSSR count). The van der Waals surface area contributed by atoms with Crippen LogP contribution in [0.15, 0.2) is 30.3 Å². The van der Waals surface area contributed by atoms with Gasteiger partial charge in [-0.2, -0.15) is 0 Å². The number of nitrogens with two attached hydrogens (primary N) is 1. The summed E-state index contributed by atoms with van der Waals surface area (Å²) in [6.07, 6.45) is 7.45. The molecule has 0 radical (unpaired) electrons. The monoisotopic (exact) mass is 300 g/mol. The van der Waals surface area contributed by atoms with E-state index in [0.29, 0.717) is 10.9 Å². The summed E-state index contributed by atoms with van der Waals surface area (Å²) in [6.45, 7) is 0. The Morgan fingerprint density at radius 2 is 1.86 bits per heavy atom. The van der Waals surface area contributed by atoms with Gasteiger partial charge in [0.1, 0.15) is 11.1 Å². The molecule has 1 fully saturated rings. The Morgan fingerprint density at radius 3 is 2.57 bits per heavy atom. The maximum Gasteiger partial charge on any atom is 0.224 e. The second kappa shape index (κ2) is 6.39. The fourth-order valence-corrected chi connectivity index (χ4v) is 3.03. The van der Waals surface area contributed by atoms with Gasteiger partial charge in [0.2, 0.25) is 5.88 Å². The predicted octanol–water partition coefficient (Wildman–Crippen LogP) is 3.97. The fraction of sp³-hybridized carbons (Fsp3) is 0.412. The minimum absolute atomic E-state index is 0.231. The number of hydrogen-bond donors (Lipinski definition) is 1. The van der Waals surface area contributed by atoms with E-state index < -0.39 is 0 Å². The Hall–Kier alpha value is -1.68. The van der Waals surface area contributed by atoms with Crippen molar-refractivity contribution in [3.63, 3.8) is 0 Å². The van der Waals surface area contributed by atoms with E-state index in [1.807, 2.05) is 30.3 Å². The number of ether oxygens (including phenoxy) is 1. The molecule has 1 aromatic carbocycles. The van der Waals surface area contributed by atoms with Crippen molar-refractivity contribution in [3.8, 4) is 5.88 Å². The zero-order valence-electron chi connectivity index (χ0n) is 12.0. The van der Waals surface area contributed by atoms with Gasteiger partial charge in [0.25, 0.3) is 0 Å². The van der Waals surface area contributed by atoms with Gasteiger partial charge in [-0.15, -0.1) is 0 Å². The maximum absolute atomic E-state index is 6.16. The maximum atomic E-state index is 6.16. The standard InChI is InChI=1S/C17H20N2OS/c18-16(21)14-11-12-7-5-6-10-15(12)19-17(14)20-13-8-3-1-2-4-9-13/h5-7,10-11,13H,1-4,8-9H2,(H2,18,21). The molecular weight excluding hydrogens is 280 g/mol. The molecule has 2 N–H and O–H groups in total. The van der Waals surface area contributed by atoms with Crippen LogP contribution in [0.2, 0.25) is 0 Å². The topological polar surface area (TPSA) is 48.1 Å². The first kappa shape index (κ1) is 14.3. The van der Waals surface area contributed by atoms with E-state index >= 15 is 0 Å². The molecular formula is C17H20N2OS. The molecule has 3 nitrogen and oxygen atoms in total. The smallest absolute Gasteiger partial charge is 0.224 e. The lowest BCUT2D eigenvalue weighted by Crippen LogP contribution is -2.19. The average molecular weight is 300 g/mol. The van der Waals surface area contributed by atoms with Gasteiger partial charge in [0.05, 0.1) is 11.1 Å². The first-order chi connectivity index (χ1) is 10.2. The Balaban J connectivity index is 1.95. The van der Waals surface area contributed by atoms with Gasteiger partial charge in [-0.3, -0.25) is 0 Å². The highest BCUT2D eigenvalue weighted by Crippen LogP contribution is 2.27. The lowest BCUT2D eigenvalue weighted by molar-refractivity contribution is 0.176. The zero-order chi connectivity index (χ0) is 14.7. The molecule has 1 saturated carbocycles. The van der Waals surface area contributed by atoms with E-state index in [2.05, 4.69) is 4.98 Å². The summed E-state index contributed by atoms with van der Waals surface area (Å²) in [7, 11) is 0. The van der Waals surface area contributed by atoms with Gasteiger partial charge in [-0.1, -0.05) is 43.3 Å². The molecule has 0 spiro atoms. The van der Waals surface area contributed by atoms with Crippen molar-refractivity contribution in [3.05, 3.63) is 35.9 Å². The van der Waals surface area contributed by atoms with Gasteiger partial charge in [0, 0.05) is 5.39 Å². The highest BCUT2D eigenvalue weighted by atomic mass is 32.1. The van der Waals surface area contributed by atoms with E-state index in [1.54, 1.807) is 0 Å². The van der Waals surface area contributed by atoms with Gasteiger partial charge in [-0.05, 0) is 37.8 Å². The summed E-state index contributed by atoms with van der Waals surface area (Å²) >= 11 is 5.16. The molecule has 1 aliphatic carbocycles. The highest BCUT2D eigenvalue weighted by Gasteiger charge is 2.18. The number of benzene rings is 1. The Labute approximate surface area is 130 Å². The van der Waals surface area contributed by atoms with Crippen LogP contribution in [0.25, 0.3) is 10.9 Å². The second-order valence-corrected chi connectivity index (χ2v) is 6.07. The van der Waals surface area contributed by atoms with E-state index in [4.69, 9.17) is 22.7 Å². The van der Waals surface area contributed by atoms with E-state index in [-0.39, 0.29) is 6.10 Å². The molecule has 1 aromatic heterocycles. The SMILES string of the molecule is NC(=S)c1cc2ccccc2nc1OC1CCCCCC1. The van der Waals surface area contributed by atoms with Crippen LogP contribution >= 0.6 is 12.2 Å². The molecule has 110 valence electrons. The summed E-state index contributed by atoms with van der Waals surface area (Å²) in [5, 5.41) is 1.04. The van der Waals surface area contributed by atoms with Crippen molar-refractivity contribution in [2.75, 3.05) is 0 Å². The van der Waals surface area contributed by atoms with Crippen LogP contribution in [0.3, 0.4) is 0 Å². The van der Waals surface area contributed by atoms with Crippen molar-refractivity contribution in [2.24, 2.45) is 5.73 Å². The molecule has 1 aliphatic rings. The number of aromatic nitrogens is 1. The minimum Gasteiger partial charge on any atom is -0.474 e. The fourth-order valence-electron chi connectivity index (χ4n) is 2.88. The zero-order valence-corrected chi connectivity index (χ0v) is 12.9. The third-order valence-electron chi connectivity index (χ3n) is 4.03. The number of nitrogens with zero attached hydrogens (tertiary/aromatic N) is 1. The van der Waals surface area contributed by atoms with Crippen LogP contribution in [0.5, 0.6) is 5.88 Å². The molecule has 4 heteroatoms. The number of thiocarbonyl (C=S) groups is 1. The average Bonchev–Trinajstić information content (AvgIpc) is 2.75. The summed E-state index contributed by atoms with van der Waals surface area (Å²) in [6, 6.07) is 9.94. The van der Waals surface area contributed by atoms with Gasteiger partial charge >= 0.3 is 0 Å². The Kier molecular flexibility index (Phi) is 4.34. The van der Waals surface area contributed by atoms with Crippen molar-refractivity contribution >= 4 is 28.1 Å².